The summed E-state index contributed by atoms with van der Waals surface area (Å²) in [6, 6.07) is 6.31. The molecule has 1 saturated heterocycles. The molecule has 4 amide bonds. The molecule has 138 valence electrons. The summed E-state index contributed by atoms with van der Waals surface area (Å²) in [6.45, 7) is 0.0313. The van der Waals surface area contributed by atoms with Crippen molar-refractivity contribution in [2.75, 3.05) is 6.54 Å². The Kier molecular flexibility index (Phi) is 5.56. The van der Waals surface area contributed by atoms with Crippen LogP contribution < -0.4 is 10.9 Å². The van der Waals surface area contributed by atoms with E-state index in [1.54, 1.807) is 18.2 Å². The van der Waals surface area contributed by atoms with Gasteiger partial charge in [-0.3, -0.25) is 34.9 Å². The van der Waals surface area contributed by atoms with Crippen LogP contribution in [-0.4, -0.2) is 35.1 Å². The van der Waals surface area contributed by atoms with Crippen molar-refractivity contribution in [3.05, 3.63) is 34.9 Å². The number of nitrogens with zero attached hydrogens (tertiary/aromatic N) is 1. The summed E-state index contributed by atoms with van der Waals surface area (Å²) in [4.78, 5) is 49.7. The molecule has 0 radical (unpaired) electrons. The van der Waals surface area contributed by atoms with Crippen LogP contribution in [0.2, 0.25) is 5.02 Å². The van der Waals surface area contributed by atoms with Crippen LogP contribution in [0.3, 0.4) is 0 Å². The first-order chi connectivity index (χ1) is 12.5. The number of carbonyl (C=O) groups is 4. The number of hydrogen-bond donors (Lipinski definition) is 2. The Morgan fingerprint density at radius 3 is 2.35 bits per heavy atom. The van der Waals surface area contributed by atoms with E-state index in [9.17, 15) is 19.2 Å². The van der Waals surface area contributed by atoms with Gasteiger partial charge in [-0.1, -0.05) is 30.5 Å². The Labute approximate surface area is 156 Å². The molecule has 0 spiro atoms. The van der Waals surface area contributed by atoms with Gasteiger partial charge in [-0.05, 0) is 31.0 Å². The number of rotatable bonds is 4. The molecule has 0 aromatic heterocycles. The molecule has 1 aliphatic carbocycles. The fraction of sp³-hybridized carbons (Fsp3) is 0.444. The monoisotopic (exact) mass is 377 g/mol. The second-order valence-corrected chi connectivity index (χ2v) is 7.02. The van der Waals surface area contributed by atoms with Crippen LogP contribution in [0, 0.1) is 11.8 Å². The summed E-state index contributed by atoms with van der Waals surface area (Å²) < 4.78 is 0. The maximum absolute atomic E-state index is 12.3. The normalized spacial score (nSPS) is 22.1. The van der Waals surface area contributed by atoms with E-state index >= 15 is 0 Å². The molecule has 7 nitrogen and oxygen atoms in total. The lowest BCUT2D eigenvalue weighted by molar-refractivity contribution is -0.140. The van der Waals surface area contributed by atoms with Crippen molar-refractivity contribution in [2.45, 2.75) is 32.1 Å². The Bertz CT molecular complexity index is 728. The third-order valence-electron chi connectivity index (χ3n) is 4.90. The minimum Gasteiger partial charge on any atom is -0.282 e. The van der Waals surface area contributed by atoms with E-state index in [0.717, 1.165) is 25.7 Å². The molecule has 26 heavy (non-hydrogen) atoms. The van der Waals surface area contributed by atoms with Crippen LogP contribution >= 0.6 is 11.6 Å². The minimum absolute atomic E-state index is 0.0313. The number of fused-ring (bicyclic) bond motifs is 1. The smallest absolute Gasteiger partial charge is 0.269 e. The maximum Gasteiger partial charge on any atom is 0.269 e. The molecule has 2 atom stereocenters. The van der Waals surface area contributed by atoms with Gasteiger partial charge in [0.25, 0.3) is 5.91 Å². The zero-order valence-corrected chi connectivity index (χ0v) is 14.9. The summed E-state index contributed by atoms with van der Waals surface area (Å²) in [6.07, 6.45) is 3.35. The molecule has 1 heterocycles. The highest BCUT2D eigenvalue weighted by molar-refractivity contribution is 6.30. The third-order valence-corrected chi connectivity index (χ3v) is 5.13. The highest BCUT2D eigenvalue weighted by atomic mass is 35.5. The molecule has 2 fully saturated rings. The predicted octanol–water partition coefficient (Wildman–Crippen LogP) is 1.67. The molecule has 1 aromatic rings. The van der Waals surface area contributed by atoms with Crippen LogP contribution in [-0.2, 0) is 14.4 Å². The molecule has 2 N–H and O–H groups in total. The van der Waals surface area contributed by atoms with Crippen LogP contribution in [0.1, 0.15) is 42.5 Å². The second kappa shape index (κ2) is 7.86. The molecular formula is C18H20ClN3O4. The molecule has 0 bridgehead atoms. The number of benzene rings is 1. The average Bonchev–Trinajstić information content (AvgIpc) is 2.89. The maximum atomic E-state index is 12.3. The summed E-state index contributed by atoms with van der Waals surface area (Å²) in [5.41, 5.74) is 4.89. The summed E-state index contributed by atoms with van der Waals surface area (Å²) in [7, 11) is 0. The standard InChI is InChI=1S/C18H20ClN3O4/c19-12-5-3-4-11(10-12)16(24)21-20-15(23)8-9-22-17(25)13-6-1-2-7-14(13)18(22)26/h3-5,10,13-14H,1-2,6-9H2,(H,20,23)(H,21,24)/t13-,14+. The lowest BCUT2D eigenvalue weighted by Crippen LogP contribution is -2.43. The molecule has 0 unspecified atom stereocenters. The molecule has 3 rings (SSSR count). The first-order valence-corrected chi connectivity index (χ1v) is 9.05. The number of hydrazine groups is 1. The predicted molar refractivity (Wildman–Crippen MR) is 93.8 cm³/mol. The largest absolute Gasteiger partial charge is 0.282 e. The summed E-state index contributed by atoms with van der Waals surface area (Å²) in [5.74, 6) is -1.76. The van der Waals surface area contributed by atoms with Crippen molar-refractivity contribution in [1.82, 2.24) is 15.8 Å². The van der Waals surface area contributed by atoms with Gasteiger partial charge >= 0.3 is 0 Å². The van der Waals surface area contributed by atoms with Gasteiger partial charge in [0, 0.05) is 23.6 Å². The summed E-state index contributed by atoms with van der Waals surface area (Å²) >= 11 is 5.82. The van der Waals surface area contributed by atoms with Crippen LogP contribution in [0.4, 0.5) is 0 Å². The first-order valence-electron chi connectivity index (χ1n) is 8.67. The zero-order valence-electron chi connectivity index (χ0n) is 14.2. The highest BCUT2D eigenvalue weighted by Gasteiger charge is 2.47. The van der Waals surface area contributed by atoms with Crippen molar-refractivity contribution in [3.63, 3.8) is 0 Å². The number of nitrogens with one attached hydrogen (secondary N) is 2. The number of likely N-dealkylation sites (tertiary alicyclic amines) is 1. The number of hydrogen-bond acceptors (Lipinski definition) is 4. The highest BCUT2D eigenvalue weighted by Crippen LogP contribution is 2.37. The van der Waals surface area contributed by atoms with E-state index in [1.807, 2.05) is 0 Å². The van der Waals surface area contributed by atoms with Crippen LogP contribution in [0.15, 0.2) is 24.3 Å². The summed E-state index contributed by atoms with van der Waals surface area (Å²) in [5, 5.41) is 0.413. The van der Waals surface area contributed by atoms with Crippen molar-refractivity contribution in [1.29, 1.82) is 0 Å². The Morgan fingerprint density at radius 2 is 1.73 bits per heavy atom. The van der Waals surface area contributed by atoms with Gasteiger partial charge in [0.15, 0.2) is 0 Å². The van der Waals surface area contributed by atoms with Gasteiger partial charge < -0.3 is 0 Å². The number of imide groups is 1. The second-order valence-electron chi connectivity index (χ2n) is 6.59. The first kappa shape index (κ1) is 18.4. The van der Waals surface area contributed by atoms with Gasteiger partial charge in [0.05, 0.1) is 11.8 Å². The Morgan fingerprint density at radius 1 is 1.08 bits per heavy atom. The quantitative estimate of drug-likeness (QED) is 0.616. The molecule has 8 heteroatoms. The van der Waals surface area contributed by atoms with Crippen molar-refractivity contribution in [3.8, 4) is 0 Å². The average molecular weight is 378 g/mol. The van der Waals surface area contributed by atoms with Gasteiger partial charge in [0.2, 0.25) is 17.7 Å². The number of halogens is 1. The van der Waals surface area contributed by atoms with E-state index in [4.69, 9.17) is 11.6 Å². The molecule has 1 aromatic carbocycles. The number of amides is 4. The third kappa shape index (κ3) is 3.88. The van der Waals surface area contributed by atoms with E-state index < -0.39 is 11.8 Å². The fourth-order valence-electron chi connectivity index (χ4n) is 3.56. The van der Waals surface area contributed by atoms with E-state index in [-0.39, 0.29) is 36.6 Å². The van der Waals surface area contributed by atoms with Gasteiger partial charge in [-0.2, -0.15) is 0 Å². The van der Waals surface area contributed by atoms with Crippen molar-refractivity contribution in [2.24, 2.45) is 11.8 Å². The van der Waals surface area contributed by atoms with E-state index in [2.05, 4.69) is 10.9 Å². The van der Waals surface area contributed by atoms with Gasteiger partial charge in [-0.25, -0.2) is 0 Å². The number of carbonyl (C=O) groups excluding carboxylic acids is 4. The van der Waals surface area contributed by atoms with E-state index in [0.29, 0.717) is 10.6 Å². The zero-order chi connectivity index (χ0) is 18.7. The molecule has 1 saturated carbocycles. The van der Waals surface area contributed by atoms with Gasteiger partial charge in [0.1, 0.15) is 0 Å². The Balaban J connectivity index is 1.47. The molecule has 2 aliphatic rings. The molecule has 1 aliphatic heterocycles. The lowest BCUT2D eigenvalue weighted by Gasteiger charge is -2.19. The lowest BCUT2D eigenvalue weighted by atomic mass is 9.81. The van der Waals surface area contributed by atoms with Crippen molar-refractivity contribution >= 4 is 35.2 Å². The Hall–Kier alpha value is -2.41. The molecular weight excluding hydrogens is 358 g/mol. The van der Waals surface area contributed by atoms with Crippen LogP contribution in [0.25, 0.3) is 0 Å². The fourth-order valence-corrected chi connectivity index (χ4v) is 3.75. The van der Waals surface area contributed by atoms with Gasteiger partial charge in [-0.15, -0.1) is 0 Å². The van der Waals surface area contributed by atoms with Crippen molar-refractivity contribution < 1.29 is 19.2 Å². The minimum atomic E-state index is -0.500. The van der Waals surface area contributed by atoms with E-state index in [1.165, 1.54) is 11.0 Å². The SMILES string of the molecule is O=C(CCN1C(=O)[C@H]2CCCC[C@H]2C1=O)NNC(=O)c1cccc(Cl)c1. The topological polar surface area (TPSA) is 95.6 Å². The van der Waals surface area contributed by atoms with Crippen LogP contribution in [0.5, 0.6) is 0 Å².